The van der Waals surface area contributed by atoms with Gasteiger partial charge in [0.25, 0.3) is 0 Å². The highest BCUT2D eigenvalue weighted by Crippen LogP contribution is 1.74. The Bertz CT molecular complexity index is 361. The monoisotopic (exact) mass is 134 g/mol. The van der Waals surface area contributed by atoms with E-state index in [4.69, 9.17) is 4.52 Å². The Balaban J connectivity index is 2.82. The molecule has 1 aliphatic rings. The van der Waals surface area contributed by atoms with Crippen LogP contribution in [0.1, 0.15) is 0 Å². The molecule has 0 fully saturated rings. The molecule has 1 aliphatic heterocycles. The van der Waals surface area contributed by atoms with E-state index >= 15 is 0 Å². The maximum Gasteiger partial charge on any atom is 0.168 e. The molecule has 0 unspecified atom stereocenters. The Labute approximate surface area is 57.3 Å². The third-order valence-corrected chi connectivity index (χ3v) is 1.31. The van der Waals surface area contributed by atoms with Crippen molar-refractivity contribution in [1.29, 1.82) is 0 Å². The Morgan fingerprint density at radius 1 is 1.50 bits per heavy atom. The lowest BCUT2D eigenvalue weighted by atomic mass is 10.4. The molecule has 0 aromatic carbocycles. The van der Waals surface area contributed by atoms with Gasteiger partial charge >= 0.3 is 0 Å². The van der Waals surface area contributed by atoms with Crippen LogP contribution in [0.15, 0.2) is 23.0 Å². The number of hydrogen-bond acceptors (Lipinski definition) is 3. The highest BCUT2D eigenvalue weighted by atomic mass is 16.5. The molecular weight excluding hydrogens is 128 g/mol. The molecule has 50 valence electrons. The van der Waals surface area contributed by atoms with Crippen LogP contribution in [-0.4, -0.2) is 5.16 Å². The zero-order valence-electron chi connectivity index (χ0n) is 5.24. The lowest BCUT2D eigenvalue weighted by Crippen LogP contribution is -2.19. The van der Waals surface area contributed by atoms with Crippen molar-refractivity contribution in [3.63, 3.8) is 0 Å². The van der Waals surface area contributed by atoms with Crippen molar-refractivity contribution < 1.29 is 4.52 Å². The minimum Gasteiger partial charge on any atom is -0.367 e. The summed E-state index contributed by atoms with van der Waals surface area (Å²) in [6.07, 6.45) is 9.07. The first-order valence-corrected chi connectivity index (χ1v) is 3.00. The first kappa shape index (κ1) is 5.29. The molecule has 0 bridgehead atoms. The minimum absolute atomic E-state index is 0.793. The maximum atomic E-state index is 4.91. The Kier molecular flexibility index (Phi) is 1.07. The molecule has 0 saturated heterocycles. The lowest BCUT2D eigenvalue weighted by Gasteiger charge is -1.79. The van der Waals surface area contributed by atoms with Crippen molar-refractivity contribution in [1.82, 2.24) is 10.5 Å². The summed E-state index contributed by atoms with van der Waals surface area (Å²) in [6, 6.07) is 0. The van der Waals surface area contributed by atoms with E-state index in [1.165, 1.54) is 0 Å². The Morgan fingerprint density at radius 2 is 2.50 bits per heavy atom. The van der Waals surface area contributed by atoms with E-state index in [0.717, 1.165) is 10.6 Å². The van der Waals surface area contributed by atoms with Crippen LogP contribution in [-0.2, 0) is 0 Å². The van der Waals surface area contributed by atoms with E-state index in [1.54, 1.807) is 6.20 Å². The summed E-state index contributed by atoms with van der Waals surface area (Å²) in [6.45, 7) is 0. The average molecular weight is 134 g/mol. The van der Waals surface area contributed by atoms with Crippen molar-refractivity contribution in [3.05, 3.63) is 29.1 Å². The zero-order valence-corrected chi connectivity index (χ0v) is 5.24. The van der Waals surface area contributed by atoms with Crippen molar-refractivity contribution in [2.45, 2.75) is 0 Å². The van der Waals surface area contributed by atoms with E-state index in [2.05, 4.69) is 10.5 Å². The predicted molar refractivity (Wildman–Crippen MR) is 37.0 cm³/mol. The third-order valence-electron chi connectivity index (χ3n) is 1.31. The van der Waals surface area contributed by atoms with Gasteiger partial charge in [-0.3, -0.25) is 0 Å². The highest BCUT2D eigenvalue weighted by molar-refractivity contribution is 5.38. The van der Waals surface area contributed by atoms with Gasteiger partial charge in [0.2, 0.25) is 0 Å². The second kappa shape index (κ2) is 2.02. The molecular formula is C7H6N2O. The van der Waals surface area contributed by atoms with Crippen LogP contribution in [0.4, 0.5) is 0 Å². The van der Waals surface area contributed by atoms with E-state index in [1.807, 2.05) is 24.6 Å². The fraction of sp³-hybridized carbons (Fsp3) is 0. The van der Waals surface area contributed by atoms with Gasteiger partial charge in [0.1, 0.15) is 0 Å². The van der Waals surface area contributed by atoms with Crippen molar-refractivity contribution in [2.75, 3.05) is 0 Å². The average Bonchev–Trinajstić information content (AvgIpc) is 2.28. The van der Waals surface area contributed by atoms with Gasteiger partial charge in [-0.25, -0.2) is 0 Å². The molecule has 3 heteroatoms. The number of hydrogen-bond donors (Lipinski definition) is 1. The summed E-state index contributed by atoms with van der Waals surface area (Å²) in [5, 5.41) is 7.56. The summed E-state index contributed by atoms with van der Waals surface area (Å²) in [5.41, 5.74) is 0.793. The number of rotatable bonds is 0. The Morgan fingerprint density at radius 3 is 3.50 bits per heavy atom. The zero-order chi connectivity index (χ0) is 6.81. The number of nitrogens with one attached hydrogen (secondary N) is 1. The molecule has 0 aliphatic carbocycles. The van der Waals surface area contributed by atoms with Crippen LogP contribution in [0, 0.1) is 0 Å². The van der Waals surface area contributed by atoms with Crippen LogP contribution in [0.5, 0.6) is 0 Å². The normalized spacial score (nSPS) is 14.0. The number of fused-ring (bicyclic) bond motifs is 1. The molecule has 0 spiro atoms. The van der Waals surface area contributed by atoms with Gasteiger partial charge in [0.15, 0.2) is 5.42 Å². The number of allylic oxidation sites excluding steroid dienone is 1. The summed E-state index contributed by atoms with van der Waals surface area (Å²) in [4.78, 5) is 0. The fourth-order valence-electron chi connectivity index (χ4n) is 0.820. The molecule has 0 atom stereocenters. The van der Waals surface area contributed by atoms with Crippen LogP contribution >= 0.6 is 0 Å². The standard InChI is InChI=1S/C7H6N2O/c1-2-7-6(4-8-3-1)5-9-10-7/h1-5,8H. The topological polar surface area (TPSA) is 38.1 Å². The molecule has 2 heterocycles. The van der Waals surface area contributed by atoms with Gasteiger partial charge in [-0.2, -0.15) is 0 Å². The van der Waals surface area contributed by atoms with Gasteiger partial charge in [-0.1, -0.05) is 5.16 Å². The summed E-state index contributed by atoms with van der Waals surface area (Å²) in [5.74, 6) is 0. The summed E-state index contributed by atoms with van der Waals surface area (Å²) >= 11 is 0. The molecule has 0 radical (unpaired) electrons. The van der Waals surface area contributed by atoms with Gasteiger partial charge in [-0.15, -0.1) is 0 Å². The van der Waals surface area contributed by atoms with E-state index < -0.39 is 0 Å². The SMILES string of the molecule is C1=CNC=c2cnoc2=C1. The fourth-order valence-corrected chi connectivity index (χ4v) is 0.820. The second-order valence-electron chi connectivity index (χ2n) is 1.98. The lowest BCUT2D eigenvalue weighted by molar-refractivity contribution is 0.394. The highest BCUT2D eigenvalue weighted by Gasteiger charge is 1.89. The van der Waals surface area contributed by atoms with Gasteiger partial charge < -0.3 is 9.84 Å². The smallest absolute Gasteiger partial charge is 0.168 e. The minimum atomic E-state index is 0.793. The third kappa shape index (κ3) is 0.719. The van der Waals surface area contributed by atoms with Crippen LogP contribution in [0.3, 0.4) is 0 Å². The molecule has 0 amide bonds. The second-order valence-corrected chi connectivity index (χ2v) is 1.98. The van der Waals surface area contributed by atoms with Gasteiger partial charge in [-0.05, 0) is 12.2 Å². The van der Waals surface area contributed by atoms with E-state index in [-0.39, 0.29) is 0 Å². The molecule has 3 nitrogen and oxygen atoms in total. The molecule has 1 aromatic rings. The molecule has 1 N–H and O–H groups in total. The van der Waals surface area contributed by atoms with Crippen LogP contribution in [0.2, 0.25) is 0 Å². The molecule has 10 heavy (non-hydrogen) atoms. The maximum absolute atomic E-state index is 4.91. The molecule has 1 aromatic heterocycles. The van der Waals surface area contributed by atoms with E-state index in [9.17, 15) is 0 Å². The van der Waals surface area contributed by atoms with E-state index in [0.29, 0.717) is 0 Å². The first-order valence-electron chi connectivity index (χ1n) is 3.00. The summed E-state index contributed by atoms with van der Waals surface area (Å²) < 4.78 is 4.91. The predicted octanol–water partition coefficient (Wildman–Crippen LogP) is -0.690. The molecule has 0 saturated carbocycles. The van der Waals surface area contributed by atoms with Crippen LogP contribution < -0.4 is 16.0 Å². The van der Waals surface area contributed by atoms with Crippen molar-refractivity contribution >= 4 is 12.3 Å². The van der Waals surface area contributed by atoms with Crippen LogP contribution in [0.25, 0.3) is 12.3 Å². The first-order chi connectivity index (χ1) is 4.97. The largest absolute Gasteiger partial charge is 0.367 e. The van der Waals surface area contributed by atoms with Crippen molar-refractivity contribution in [3.8, 4) is 0 Å². The number of aromatic nitrogens is 1. The molecule has 2 rings (SSSR count). The van der Waals surface area contributed by atoms with Gasteiger partial charge in [0.05, 0.1) is 11.4 Å². The van der Waals surface area contributed by atoms with Gasteiger partial charge in [0, 0.05) is 12.4 Å². The number of nitrogens with zero attached hydrogens (tertiary/aromatic N) is 1. The summed E-state index contributed by atoms with van der Waals surface area (Å²) in [7, 11) is 0. The van der Waals surface area contributed by atoms with Crippen molar-refractivity contribution in [2.24, 2.45) is 0 Å². The Hall–Kier alpha value is -1.51. The quantitative estimate of drug-likeness (QED) is 0.510.